The summed E-state index contributed by atoms with van der Waals surface area (Å²) < 4.78 is 0. The first kappa shape index (κ1) is 12.2. The molecule has 2 N–H and O–H groups in total. The van der Waals surface area contributed by atoms with Gasteiger partial charge in [0, 0.05) is 31.9 Å². The lowest BCUT2D eigenvalue weighted by Crippen LogP contribution is -2.34. The lowest BCUT2D eigenvalue weighted by Gasteiger charge is -2.05. The van der Waals surface area contributed by atoms with E-state index in [0.717, 1.165) is 0 Å². The standard InChI is InChI=1S/C11H15N3O2/c1-2-10(15)13-6-7-14-11(16)9-4-3-5-12-8-9/h3-5,8H,2,6-7H2,1H3,(H,13,15)(H,14,16). The monoisotopic (exact) mass is 221 g/mol. The summed E-state index contributed by atoms with van der Waals surface area (Å²) in [6.45, 7) is 2.64. The van der Waals surface area contributed by atoms with Crippen LogP contribution in [0.15, 0.2) is 24.5 Å². The van der Waals surface area contributed by atoms with Crippen molar-refractivity contribution in [3.63, 3.8) is 0 Å². The van der Waals surface area contributed by atoms with Gasteiger partial charge in [-0.05, 0) is 12.1 Å². The van der Waals surface area contributed by atoms with Gasteiger partial charge in [-0.25, -0.2) is 0 Å². The van der Waals surface area contributed by atoms with Crippen LogP contribution in [0, 0.1) is 0 Å². The van der Waals surface area contributed by atoms with E-state index in [9.17, 15) is 9.59 Å². The third kappa shape index (κ3) is 4.08. The maximum atomic E-state index is 11.5. The second kappa shape index (κ2) is 6.55. The van der Waals surface area contributed by atoms with Gasteiger partial charge in [0.25, 0.3) is 5.91 Å². The number of nitrogens with one attached hydrogen (secondary N) is 2. The molecule has 0 saturated carbocycles. The zero-order chi connectivity index (χ0) is 11.8. The molecular weight excluding hydrogens is 206 g/mol. The Morgan fingerprint density at radius 2 is 2.06 bits per heavy atom. The molecule has 0 unspecified atom stereocenters. The number of hydrogen-bond donors (Lipinski definition) is 2. The van der Waals surface area contributed by atoms with Gasteiger partial charge in [0.05, 0.1) is 5.56 Å². The van der Waals surface area contributed by atoms with Crippen LogP contribution in [0.4, 0.5) is 0 Å². The van der Waals surface area contributed by atoms with Crippen molar-refractivity contribution in [3.8, 4) is 0 Å². The first-order valence-electron chi connectivity index (χ1n) is 5.19. The first-order valence-corrected chi connectivity index (χ1v) is 5.19. The van der Waals surface area contributed by atoms with E-state index in [1.807, 2.05) is 0 Å². The molecule has 16 heavy (non-hydrogen) atoms. The second-order valence-corrected chi connectivity index (χ2v) is 3.20. The van der Waals surface area contributed by atoms with Crippen molar-refractivity contribution < 1.29 is 9.59 Å². The molecule has 0 radical (unpaired) electrons. The van der Waals surface area contributed by atoms with Crippen LogP contribution in [0.5, 0.6) is 0 Å². The molecule has 1 aromatic heterocycles. The van der Waals surface area contributed by atoms with Crippen molar-refractivity contribution in [2.75, 3.05) is 13.1 Å². The van der Waals surface area contributed by atoms with Crippen molar-refractivity contribution in [2.45, 2.75) is 13.3 Å². The Labute approximate surface area is 94.3 Å². The Morgan fingerprint density at radius 1 is 1.31 bits per heavy atom. The van der Waals surface area contributed by atoms with E-state index in [0.29, 0.717) is 25.1 Å². The van der Waals surface area contributed by atoms with E-state index < -0.39 is 0 Å². The zero-order valence-corrected chi connectivity index (χ0v) is 9.19. The average molecular weight is 221 g/mol. The fourth-order valence-corrected chi connectivity index (χ4v) is 1.10. The van der Waals surface area contributed by atoms with E-state index in [-0.39, 0.29) is 11.8 Å². The summed E-state index contributed by atoms with van der Waals surface area (Å²) in [4.78, 5) is 26.2. The van der Waals surface area contributed by atoms with Crippen LogP contribution < -0.4 is 10.6 Å². The van der Waals surface area contributed by atoms with Crippen LogP contribution in [0.3, 0.4) is 0 Å². The van der Waals surface area contributed by atoms with Crippen molar-refractivity contribution in [2.24, 2.45) is 0 Å². The molecule has 1 aromatic rings. The van der Waals surface area contributed by atoms with E-state index in [4.69, 9.17) is 0 Å². The first-order chi connectivity index (χ1) is 7.74. The molecule has 0 aliphatic carbocycles. The summed E-state index contributed by atoms with van der Waals surface area (Å²) in [5, 5.41) is 5.35. The highest BCUT2D eigenvalue weighted by Crippen LogP contribution is 1.93. The smallest absolute Gasteiger partial charge is 0.252 e. The van der Waals surface area contributed by atoms with Gasteiger partial charge in [0.2, 0.25) is 5.91 Å². The summed E-state index contributed by atoms with van der Waals surface area (Å²) >= 11 is 0. The van der Waals surface area contributed by atoms with Gasteiger partial charge in [0.1, 0.15) is 0 Å². The second-order valence-electron chi connectivity index (χ2n) is 3.20. The summed E-state index contributed by atoms with van der Waals surface area (Å²) in [5.74, 6) is -0.200. The van der Waals surface area contributed by atoms with Gasteiger partial charge in [-0.3, -0.25) is 14.6 Å². The topological polar surface area (TPSA) is 71.1 Å². The van der Waals surface area contributed by atoms with Crippen molar-refractivity contribution in [1.29, 1.82) is 0 Å². The SMILES string of the molecule is CCC(=O)NCCNC(=O)c1cccnc1. The van der Waals surface area contributed by atoms with Crippen LogP contribution in [0.25, 0.3) is 0 Å². The Balaban J connectivity index is 2.24. The minimum Gasteiger partial charge on any atom is -0.354 e. The van der Waals surface area contributed by atoms with Crippen LogP contribution >= 0.6 is 0 Å². The highest BCUT2D eigenvalue weighted by molar-refractivity contribution is 5.93. The van der Waals surface area contributed by atoms with E-state index in [2.05, 4.69) is 15.6 Å². The van der Waals surface area contributed by atoms with Crippen LogP contribution in [0.2, 0.25) is 0 Å². The fourth-order valence-electron chi connectivity index (χ4n) is 1.10. The summed E-state index contributed by atoms with van der Waals surface area (Å²) in [6.07, 6.45) is 3.56. The molecule has 86 valence electrons. The molecule has 0 aromatic carbocycles. The summed E-state index contributed by atoms with van der Waals surface area (Å²) in [5.41, 5.74) is 0.518. The normalized spacial score (nSPS) is 9.56. The summed E-state index contributed by atoms with van der Waals surface area (Å²) in [6, 6.07) is 3.39. The molecule has 0 saturated heterocycles. The lowest BCUT2D eigenvalue weighted by atomic mass is 10.3. The predicted octanol–water partition coefficient (Wildman–Crippen LogP) is 0.338. The Bertz CT molecular complexity index is 352. The number of hydrogen-bond acceptors (Lipinski definition) is 3. The number of carbonyl (C=O) groups is 2. The maximum Gasteiger partial charge on any atom is 0.252 e. The average Bonchev–Trinajstić information content (AvgIpc) is 2.35. The van der Waals surface area contributed by atoms with Gasteiger partial charge in [-0.15, -0.1) is 0 Å². The molecule has 1 rings (SSSR count). The molecular formula is C11H15N3O2. The van der Waals surface area contributed by atoms with Crippen molar-refractivity contribution in [3.05, 3.63) is 30.1 Å². The highest BCUT2D eigenvalue weighted by Gasteiger charge is 2.03. The Hall–Kier alpha value is -1.91. The predicted molar refractivity (Wildman–Crippen MR) is 59.9 cm³/mol. The molecule has 1 heterocycles. The minimum atomic E-state index is -0.182. The maximum absolute atomic E-state index is 11.5. The van der Waals surface area contributed by atoms with Gasteiger partial charge >= 0.3 is 0 Å². The van der Waals surface area contributed by atoms with Gasteiger partial charge in [-0.1, -0.05) is 6.92 Å². The molecule has 5 nitrogen and oxygen atoms in total. The fraction of sp³-hybridized carbons (Fsp3) is 0.364. The molecule has 0 fully saturated rings. The highest BCUT2D eigenvalue weighted by atomic mass is 16.2. The van der Waals surface area contributed by atoms with E-state index >= 15 is 0 Å². The van der Waals surface area contributed by atoms with E-state index in [1.165, 1.54) is 6.20 Å². The van der Waals surface area contributed by atoms with Crippen LogP contribution in [-0.2, 0) is 4.79 Å². The van der Waals surface area contributed by atoms with E-state index in [1.54, 1.807) is 25.3 Å². The summed E-state index contributed by atoms with van der Waals surface area (Å²) in [7, 11) is 0. The number of rotatable bonds is 5. The van der Waals surface area contributed by atoms with Crippen molar-refractivity contribution >= 4 is 11.8 Å². The molecule has 0 aliphatic heterocycles. The quantitative estimate of drug-likeness (QED) is 0.704. The van der Waals surface area contributed by atoms with Crippen molar-refractivity contribution in [1.82, 2.24) is 15.6 Å². The third-order valence-corrected chi connectivity index (χ3v) is 1.98. The Kier molecular flexibility index (Phi) is 4.98. The van der Waals surface area contributed by atoms with Gasteiger partial charge in [-0.2, -0.15) is 0 Å². The molecule has 0 spiro atoms. The Morgan fingerprint density at radius 3 is 2.69 bits per heavy atom. The van der Waals surface area contributed by atoms with Crippen LogP contribution in [-0.4, -0.2) is 29.9 Å². The number of pyridine rings is 1. The molecule has 2 amide bonds. The molecule has 0 atom stereocenters. The molecule has 5 heteroatoms. The number of nitrogens with zero attached hydrogens (tertiary/aromatic N) is 1. The number of carbonyl (C=O) groups excluding carboxylic acids is 2. The van der Waals surface area contributed by atoms with Gasteiger partial charge in [0.15, 0.2) is 0 Å². The number of aromatic nitrogens is 1. The van der Waals surface area contributed by atoms with Crippen LogP contribution in [0.1, 0.15) is 23.7 Å². The van der Waals surface area contributed by atoms with Gasteiger partial charge < -0.3 is 10.6 Å². The minimum absolute atomic E-state index is 0.0179. The lowest BCUT2D eigenvalue weighted by molar-refractivity contribution is -0.120. The third-order valence-electron chi connectivity index (χ3n) is 1.98. The largest absolute Gasteiger partial charge is 0.354 e. The molecule has 0 aliphatic rings. The number of amides is 2. The molecule has 0 bridgehead atoms. The zero-order valence-electron chi connectivity index (χ0n) is 9.19.